The lowest BCUT2D eigenvalue weighted by molar-refractivity contribution is -0.148. The summed E-state index contributed by atoms with van der Waals surface area (Å²) in [5.41, 5.74) is 0.821. The number of ether oxygens (including phenoxy) is 2. The van der Waals surface area contributed by atoms with E-state index in [9.17, 15) is 29.0 Å². The number of amides is 3. The maximum Gasteiger partial charge on any atom is 0.319 e. The second-order valence-corrected chi connectivity index (χ2v) is 25.7. The van der Waals surface area contributed by atoms with Crippen LogP contribution in [-0.4, -0.2) is 142 Å². The van der Waals surface area contributed by atoms with Crippen molar-refractivity contribution >= 4 is 56.0 Å². The molecule has 6 aliphatic rings. The molecule has 4 aliphatic heterocycles. The van der Waals surface area contributed by atoms with Crippen molar-refractivity contribution in [2.24, 2.45) is 16.2 Å². The lowest BCUT2D eigenvalue weighted by Crippen LogP contribution is -2.58. The second-order valence-electron chi connectivity index (χ2n) is 25.7. The minimum atomic E-state index is -0.986. The Kier molecular flexibility index (Phi) is 14.9. The van der Waals surface area contributed by atoms with Gasteiger partial charge < -0.3 is 50.3 Å². The van der Waals surface area contributed by atoms with Crippen molar-refractivity contribution < 1.29 is 47.2 Å². The molecule has 2 aliphatic carbocycles. The molecule has 82 heavy (non-hydrogen) atoms. The van der Waals surface area contributed by atoms with E-state index in [1.54, 1.807) is 30.5 Å². The number of nitrogens with one attached hydrogen (secondary N) is 3. The zero-order chi connectivity index (χ0) is 57.4. The van der Waals surface area contributed by atoms with Crippen molar-refractivity contribution in [2.45, 2.75) is 141 Å². The molecule has 19 heteroatoms. The SMILES string of the molecule is CCc1c(F)ccc2cc(O)cc(-c3ncc4c(N5CC6CCC(C5)N6)nc(OCC5(CN6CCC7(CC6)CC(OCC(=O)N[C@H](C(=O)N6C[C@H](O)C[C@H]6C(=O)N[C@@H](C)c6ccc8cc(F)ccc8c6)C(C)(C)C)C7)CC5)nc4c3F)c12. The lowest BCUT2D eigenvalue weighted by Gasteiger charge is -2.52. The number of likely N-dealkylation sites (tertiary alicyclic amines) is 2. The first-order chi connectivity index (χ1) is 39.2. The van der Waals surface area contributed by atoms with Gasteiger partial charge in [-0.15, -0.1) is 0 Å². The fourth-order valence-electron chi connectivity index (χ4n) is 13.8. The van der Waals surface area contributed by atoms with Crippen LogP contribution in [0.1, 0.15) is 110 Å². The van der Waals surface area contributed by atoms with E-state index in [1.807, 2.05) is 46.8 Å². The van der Waals surface area contributed by atoms with Crippen LogP contribution < -0.4 is 25.6 Å². The molecule has 2 aromatic heterocycles. The summed E-state index contributed by atoms with van der Waals surface area (Å²) < 4.78 is 59.0. The van der Waals surface area contributed by atoms with E-state index in [4.69, 9.17) is 19.4 Å². The highest BCUT2D eigenvalue weighted by Gasteiger charge is 2.51. The lowest BCUT2D eigenvalue weighted by atomic mass is 9.61. The zero-order valence-electron chi connectivity index (χ0n) is 47.4. The van der Waals surface area contributed by atoms with E-state index >= 15 is 8.78 Å². The number of pyridine rings is 1. The monoisotopic (exact) mass is 1130 g/mol. The van der Waals surface area contributed by atoms with Crippen molar-refractivity contribution in [1.82, 2.24) is 40.7 Å². The first-order valence-corrected chi connectivity index (χ1v) is 29.3. The second kappa shape index (κ2) is 21.8. The number of piperidine rings is 1. The van der Waals surface area contributed by atoms with Crippen LogP contribution in [-0.2, 0) is 25.5 Å². The molecule has 2 unspecified atom stereocenters. The third-order valence-corrected chi connectivity index (χ3v) is 18.6. The number of phenols is 1. The van der Waals surface area contributed by atoms with Crippen LogP contribution in [0.4, 0.5) is 19.0 Å². The van der Waals surface area contributed by atoms with Crippen LogP contribution in [0.25, 0.3) is 43.7 Å². The quantitative estimate of drug-likeness (QED) is 0.0621. The molecule has 12 rings (SSSR count). The Labute approximate surface area is 475 Å². The van der Waals surface area contributed by atoms with Crippen molar-refractivity contribution in [1.29, 1.82) is 0 Å². The van der Waals surface area contributed by atoms with Gasteiger partial charge in [0.2, 0.25) is 17.7 Å². The molecular formula is C63H74F3N9O7. The average Bonchev–Trinajstić information content (AvgIpc) is 4.10. The summed E-state index contributed by atoms with van der Waals surface area (Å²) >= 11 is 0. The standard InChI is InChI=1S/C63H74F3N9O7/c1-6-46-49(65)14-10-39-23-43(76)24-47(52(39)46)54-53(66)55-48(28-67-54)57(74-29-41-12-13-42(30-74)69-41)72-60(71-55)82-34-63(15-16-63)33-73-19-17-62(18-20-73)26-45(27-62)81-32-51(78)70-56(61(3,4)5)59(80)75-31-44(77)25-50(75)58(79)68-35(2)36-7-8-38-22-40(64)11-9-37(38)21-36/h7-11,14,21-24,28,35,41-42,44-45,50,56,69,76-77H,6,12-13,15-20,25-27,29-34H2,1-5H3,(H,68,79)(H,70,78)/t35-,41?,42?,44+,50-,56+/m0/s1. The van der Waals surface area contributed by atoms with Crippen molar-refractivity contribution in [3.05, 3.63) is 95.4 Å². The highest BCUT2D eigenvalue weighted by atomic mass is 19.1. The minimum absolute atomic E-state index is 0.0370. The summed E-state index contributed by atoms with van der Waals surface area (Å²) in [6.45, 7) is 13.4. The molecule has 3 amide bonds. The number of β-amino-alcohol motifs (C(OH)–C–C–N with tert-alkyl or cyclic N) is 1. The number of carbonyl (C=O) groups is 3. The third kappa shape index (κ3) is 11.2. The Morgan fingerprint density at radius 2 is 1.61 bits per heavy atom. The number of aromatic nitrogens is 3. The highest BCUT2D eigenvalue weighted by Crippen LogP contribution is 2.52. The van der Waals surface area contributed by atoms with Gasteiger partial charge in [-0.2, -0.15) is 9.97 Å². The third-order valence-electron chi connectivity index (χ3n) is 18.6. The molecule has 6 atom stereocenters. The van der Waals surface area contributed by atoms with Gasteiger partial charge in [-0.25, -0.2) is 13.2 Å². The summed E-state index contributed by atoms with van der Waals surface area (Å²) in [6.07, 6.45) is 8.72. The number of aryl methyl sites for hydroxylation is 1. The number of nitrogens with zero attached hydrogens (tertiary/aromatic N) is 6. The number of aliphatic hydroxyl groups excluding tert-OH is 1. The number of piperazine rings is 1. The van der Waals surface area contributed by atoms with E-state index in [2.05, 4.69) is 30.7 Å². The van der Waals surface area contributed by atoms with Gasteiger partial charge in [-0.1, -0.05) is 52.0 Å². The van der Waals surface area contributed by atoms with E-state index in [0.717, 1.165) is 87.3 Å². The Bertz CT molecular complexity index is 3460. The Morgan fingerprint density at radius 3 is 2.33 bits per heavy atom. The van der Waals surface area contributed by atoms with Crippen molar-refractivity contribution in [3.63, 3.8) is 0 Å². The zero-order valence-corrected chi connectivity index (χ0v) is 47.4. The van der Waals surface area contributed by atoms with E-state index in [0.29, 0.717) is 53.7 Å². The fraction of sp³-hybridized carbons (Fsp3) is 0.524. The van der Waals surface area contributed by atoms with Gasteiger partial charge >= 0.3 is 6.01 Å². The van der Waals surface area contributed by atoms with Crippen molar-refractivity contribution in [2.75, 3.05) is 57.4 Å². The van der Waals surface area contributed by atoms with E-state index in [1.165, 1.54) is 29.2 Å². The molecule has 5 N–H and O–H groups in total. The maximum absolute atomic E-state index is 17.3. The van der Waals surface area contributed by atoms with E-state index in [-0.39, 0.29) is 82.9 Å². The highest BCUT2D eigenvalue weighted by molar-refractivity contribution is 6.02. The van der Waals surface area contributed by atoms with Gasteiger partial charge in [-0.3, -0.25) is 19.4 Å². The van der Waals surface area contributed by atoms with Crippen LogP contribution in [0.5, 0.6) is 11.8 Å². The molecule has 434 valence electrons. The fourth-order valence-corrected chi connectivity index (χ4v) is 13.8. The first-order valence-electron chi connectivity index (χ1n) is 29.3. The smallest absolute Gasteiger partial charge is 0.319 e. The number of carbonyl (C=O) groups excluding carboxylic acids is 3. The molecule has 16 nitrogen and oxygen atoms in total. The number of hydrogen-bond acceptors (Lipinski definition) is 13. The largest absolute Gasteiger partial charge is 0.508 e. The van der Waals surface area contributed by atoms with Crippen LogP contribution in [0.2, 0.25) is 0 Å². The van der Waals surface area contributed by atoms with Gasteiger partial charge in [0.15, 0.2) is 5.82 Å². The summed E-state index contributed by atoms with van der Waals surface area (Å²) in [5.74, 6) is -2.24. The number of fused-ring (bicyclic) bond motifs is 5. The molecule has 2 saturated carbocycles. The van der Waals surface area contributed by atoms with Crippen LogP contribution >= 0.6 is 0 Å². The predicted octanol–water partition coefficient (Wildman–Crippen LogP) is 8.41. The normalized spacial score (nSPS) is 23.1. The maximum atomic E-state index is 17.3. The molecule has 1 spiro atoms. The molecule has 6 heterocycles. The van der Waals surface area contributed by atoms with Gasteiger partial charge in [0, 0.05) is 61.9 Å². The molecule has 4 aromatic carbocycles. The molecule has 0 radical (unpaired) electrons. The summed E-state index contributed by atoms with van der Waals surface area (Å²) in [6, 6.07) is 14.3. The predicted molar refractivity (Wildman–Crippen MR) is 306 cm³/mol. The van der Waals surface area contributed by atoms with Crippen molar-refractivity contribution in [3.8, 4) is 23.0 Å². The summed E-state index contributed by atoms with van der Waals surface area (Å²) in [4.78, 5) is 62.1. The number of aromatic hydroxyl groups is 1. The number of hydrogen-bond donors (Lipinski definition) is 5. The summed E-state index contributed by atoms with van der Waals surface area (Å²) in [5, 5.41) is 34.2. The number of halogens is 3. The van der Waals surface area contributed by atoms with Crippen LogP contribution in [0, 0.1) is 33.7 Å². The molecule has 2 bridgehead atoms. The number of aliphatic hydroxyl groups is 1. The van der Waals surface area contributed by atoms with E-state index < -0.39 is 59.0 Å². The number of benzene rings is 4. The molecular weight excluding hydrogens is 1050 g/mol. The molecule has 4 saturated heterocycles. The van der Waals surface area contributed by atoms with Crippen LogP contribution in [0.3, 0.4) is 0 Å². The minimum Gasteiger partial charge on any atom is -0.508 e. The van der Waals surface area contributed by atoms with Gasteiger partial charge in [0.25, 0.3) is 0 Å². The molecule has 6 fully saturated rings. The number of anilines is 1. The Hall–Kier alpha value is -6.67. The number of rotatable bonds is 16. The topological polar surface area (TPSA) is 195 Å². The van der Waals surface area contributed by atoms with Gasteiger partial charge in [-0.05, 0) is 158 Å². The van der Waals surface area contributed by atoms with Gasteiger partial charge in [0.1, 0.15) is 53.1 Å². The summed E-state index contributed by atoms with van der Waals surface area (Å²) in [7, 11) is 0. The first kappa shape index (κ1) is 55.8. The van der Waals surface area contributed by atoms with Crippen LogP contribution in [0.15, 0.2) is 66.9 Å². The Morgan fingerprint density at radius 1 is 0.890 bits per heavy atom. The van der Waals surface area contributed by atoms with Gasteiger partial charge in [0.05, 0.1) is 30.2 Å². The average molecular weight is 1130 g/mol. The number of phenolic OH excluding ortho intramolecular Hbond substituents is 1. The Balaban J connectivity index is 0.648. The molecule has 6 aromatic rings.